The molecule has 1 saturated heterocycles. The summed E-state index contributed by atoms with van der Waals surface area (Å²) in [5.74, 6) is -0.874. The maximum absolute atomic E-state index is 12.7. The third kappa shape index (κ3) is 4.72. The minimum atomic E-state index is -3.63. The van der Waals surface area contributed by atoms with E-state index in [1.54, 1.807) is 6.07 Å². The number of carbonyl (C=O) groups is 2. The highest BCUT2D eigenvalue weighted by Crippen LogP contribution is 2.20. The molecule has 2 heterocycles. The molecule has 2 aromatic rings. The van der Waals surface area contributed by atoms with Gasteiger partial charge < -0.3 is 9.64 Å². The van der Waals surface area contributed by atoms with Crippen LogP contribution in [0.25, 0.3) is 0 Å². The van der Waals surface area contributed by atoms with E-state index in [-0.39, 0.29) is 43.6 Å². The molecule has 10 heteroatoms. The molecule has 1 aromatic carbocycles. The first-order valence-corrected chi connectivity index (χ1v) is 11.2. The van der Waals surface area contributed by atoms with Gasteiger partial charge in [-0.1, -0.05) is 11.6 Å². The lowest BCUT2D eigenvalue weighted by Crippen LogP contribution is -2.51. The molecule has 0 atom stereocenters. The third-order valence-electron chi connectivity index (χ3n) is 4.31. The van der Waals surface area contributed by atoms with Crippen molar-refractivity contribution >= 4 is 44.8 Å². The second-order valence-corrected chi connectivity index (χ2v) is 9.89. The minimum absolute atomic E-state index is 0.164. The normalized spacial score (nSPS) is 15.4. The molecule has 7 nitrogen and oxygen atoms in total. The molecule has 0 N–H and O–H groups in total. The Balaban J connectivity index is 1.52. The van der Waals surface area contributed by atoms with Gasteiger partial charge in [-0.05, 0) is 43.3 Å². The highest BCUT2D eigenvalue weighted by Gasteiger charge is 2.30. The molecule has 0 unspecified atom stereocenters. The van der Waals surface area contributed by atoms with E-state index < -0.39 is 16.0 Å². The van der Waals surface area contributed by atoms with Gasteiger partial charge in [0.25, 0.3) is 5.91 Å². The Morgan fingerprint density at radius 2 is 1.71 bits per heavy atom. The van der Waals surface area contributed by atoms with Crippen molar-refractivity contribution in [3.63, 3.8) is 0 Å². The maximum atomic E-state index is 12.7. The van der Waals surface area contributed by atoms with Gasteiger partial charge in [0.2, 0.25) is 10.0 Å². The van der Waals surface area contributed by atoms with Crippen LogP contribution >= 0.6 is 22.9 Å². The van der Waals surface area contributed by atoms with Gasteiger partial charge in [0.05, 0.1) is 4.90 Å². The fourth-order valence-electron chi connectivity index (χ4n) is 2.77. The standard InChI is InChI=1S/C18H19ClN2O5S2/c1-13-2-7-16(27-13)18(23)26-12-17(22)20-8-10-21(11-9-20)28(24,25)15-5-3-14(19)4-6-15/h2-7H,8-12H2,1H3. The number of benzene rings is 1. The summed E-state index contributed by atoms with van der Waals surface area (Å²) >= 11 is 7.11. The molecule has 150 valence electrons. The van der Waals surface area contributed by atoms with Gasteiger partial charge in [0, 0.05) is 36.1 Å². The average Bonchev–Trinajstić information content (AvgIpc) is 3.13. The first-order chi connectivity index (χ1) is 13.3. The molecule has 1 aromatic heterocycles. The second-order valence-electron chi connectivity index (χ2n) is 6.23. The van der Waals surface area contributed by atoms with Crippen LogP contribution in [0.5, 0.6) is 0 Å². The number of amides is 1. The van der Waals surface area contributed by atoms with Crippen LogP contribution in [0.3, 0.4) is 0 Å². The van der Waals surface area contributed by atoms with Crippen molar-refractivity contribution in [1.82, 2.24) is 9.21 Å². The lowest BCUT2D eigenvalue weighted by atomic mass is 10.3. The maximum Gasteiger partial charge on any atom is 0.348 e. The van der Waals surface area contributed by atoms with Crippen molar-refractivity contribution < 1.29 is 22.7 Å². The smallest absolute Gasteiger partial charge is 0.348 e. The zero-order valence-corrected chi connectivity index (χ0v) is 17.5. The first-order valence-electron chi connectivity index (χ1n) is 8.54. The van der Waals surface area contributed by atoms with Gasteiger partial charge >= 0.3 is 5.97 Å². The molecule has 1 aliphatic heterocycles. The Morgan fingerprint density at radius 1 is 1.07 bits per heavy atom. The minimum Gasteiger partial charge on any atom is -0.451 e. The van der Waals surface area contributed by atoms with E-state index in [0.29, 0.717) is 9.90 Å². The molecule has 0 bridgehead atoms. The van der Waals surface area contributed by atoms with Crippen molar-refractivity contribution in [1.29, 1.82) is 0 Å². The molecule has 1 fully saturated rings. The zero-order chi connectivity index (χ0) is 20.3. The fourth-order valence-corrected chi connectivity index (χ4v) is 5.08. The van der Waals surface area contributed by atoms with Gasteiger partial charge in [-0.25, -0.2) is 13.2 Å². The topological polar surface area (TPSA) is 84.0 Å². The Labute approximate surface area is 172 Å². The number of piperazine rings is 1. The van der Waals surface area contributed by atoms with E-state index in [0.717, 1.165) is 4.88 Å². The molecule has 0 spiro atoms. The summed E-state index contributed by atoms with van der Waals surface area (Å²) in [6.07, 6.45) is 0. The fraction of sp³-hybridized carbons (Fsp3) is 0.333. The van der Waals surface area contributed by atoms with E-state index in [1.807, 2.05) is 13.0 Å². The van der Waals surface area contributed by atoms with E-state index in [9.17, 15) is 18.0 Å². The SMILES string of the molecule is Cc1ccc(C(=O)OCC(=O)N2CCN(S(=O)(=O)c3ccc(Cl)cc3)CC2)s1. The van der Waals surface area contributed by atoms with Crippen LogP contribution in [-0.2, 0) is 19.6 Å². The monoisotopic (exact) mass is 442 g/mol. The molecule has 3 rings (SSSR count). The van der Waals surface area contributed by atoms with Crippen molar-refractivity contribution in [3.8, 4) is 0 Å². The molecular formula is C18H19ClN2O5S2. The number of ether oxygens (including phenoxy) is 1. The quantitative estimate of drug-likeness (QED) is 0.664. The van der Waals surface area contributed by atoms with Crippen molar-refractivity contribution in [2.75, 3.05) is 32.8 Å². The molecule has 1 amide bonds. The van der Waals surface area contributed by atoms with Crippen molar-refractivity contribution in [2.45, 2.75) is 11.8 Å². The summed E-state index contributed by atoms with van der Waals surface area (Å²) < 4.78 is 31.7. The van der Waals surface area contributed by atoms with Crippen molar-refractivity contribution in [2.24, 2.45) is 0 Å². The van der Waals surface area contributed by atoms with E-state index >= 15 is 0 Å². The zero-order valence-electron chi connectivity index (χ0n) is 15.1. The predicted molar refractivity (Wildman–Crippen MR) is 106 cm³/mol. The van der Waals surface area contributed by atoms with Gasteiger partial charge in [-0.3, -0.25) is 4.79 Å². The molecule has 0 saturated carbocycles. The number of thiophene rings is 1. The second kappa shape index (κ2) is 8.60. The summed E-state index contributed by atoms with van der Waals surface area (Å²) in [5, 5.41) is 0.460. The highest BCUT2D eigenvalue weighted by molar-refractivity contribution is 7.89. The van der Waals surface area contributed by atoms with Crippen molar-refractivity contribution in [3.05, 3.63) is 51.2 Å². The highest BCUT2D eigenvalue weighted by atomic mass is 35.5. The number of sulfonamides is 1. The number of hydrogen-bond donors (Lipinski definition) is 0. The van der Waals surface area contributed by atoms with Crippen LogP contribution < -0.4 is 0 Å². The first kappa shape index (κ1) is 20.8. The summed E-state index contributed by atoms with van der Waals surface area (Å²) in [7, 11) is -3.63. The van der Waals surface area contributed by atoms with E-state index in [4.69, 9.17) is 16.3 Å². The molecular weight excluding hydrogens is 424 g/mol. The van der Waals surface area contributed by atoms with Gasteiger partial charge in [0.1, 0.15) is 4.88 Å². The van der Waals surface area contributed by atoms with Gasteiger partial charge in [-0.2, -0.15) is 4.31 Å². The number of aryl methyl sites for hydroxylation is 1. The number of halogens is 1. The molecule has 0 radical (unpaired) electrons. The lowest BCUT2D eigenvalue weighted by molar-refractivity contribution is -0.135. The number of esters is 1. The summed E-state index contributed by atoms with van der Waals surface area (Å²) in [4.78, 5) is 27.3. The number of hydrogen-bond acceptors (Lipinski definition) is 6. The number of carbonyl (C=O) groups excluding carboxylic acids is 2. The summed E-state index contributed by atoms with van der Waals surface area (Å²) in [6, 6.07) is 9.44. The van der Waals surface area contributed by atoms with Crippen LogP contribution in [0.2, 0.25) is 5.02 Å². The van der Waals surface area contributed by atoms with Crippen LogP contribution in [0, 0.1) is 6.92 Å². The third-order valence-corrected chi connectivity index (χ3v) is 7.46. The molecule has 0 aliphatic carbocycles. The van der Waals surface area contributed by atoms with Crippen LogP contribution in [0.4, 0.5) is 0 Å². The van der Waals surface area contributed by atoms with Gasteiger partial charge in [-0.15, -0.1) is 11.3 Å². The molecule has 28 heavy (non-hydrogen) atoms. The van der Waals surface area contributed by atoms with Crippen LogP contribution in [0.15, 0.2) is 41.3 Å². The van der Waals surface area contributed by atoms with Gasteiger partial charge in [0.15, 0.2) is 6.61 Å². The van der Waals surface area contributed by atoms with Crippen LogP contribution in [0.1, 0.15) is 14.5 Å². The molecule has 1 aliphatic rings. The Morgan fingerprint density at radius 3 is 2.29 bits per heavy atom. The summed E-state index contributed by atoms with van der Waals surface area (Å²) in [5.41, 5.74) is 0. The predicted octanol–water partition coefficient (Wildman–Crippen LogP) is 2.40. The lowest BCUT2D eigenvalue weighted by Gasteiger charge is -2.33. The van der Waals surface area contributed by atoms with Crippen LogP contribution in [-0.4, -0.2) is 62.3 Å². The number of nitrogens with zero attached hydrogens (tertiary/aromatic N) is 2. The Bertz CT molecular complexity index is 964. The summed E-state index contributed by atoms with van der Waals surface area (Å²) in [6.45, 7) is 2.34. The number of rotatable bonds is 5. The van der Waals surface area contributed by atoms with E-state index in [1.165, 1.54) is 44.8 Å². The van der Waals surface area contributed by atoms with E-state index in [2.05, 4.69) is 0 Å². The Hall–Kier alpha value is -1.94. The largest absolute Gasteiger partial charge is 0.451 e. The average molecular weight is 443 g/mol. The Kier molecular flexibility index (Phi) is 6.39.